The topological polar surface area (TPSA) is 26.3 Å². The molecule has 0 heterocycles. The molecule has 0 N–H and O–H groups in total. The van der Waals surface area contributed by atoms with Gasteiger partial charge in [-0.3, -0.25) is 0 Å². The van der Waals surface area contributed by atoms with E-state index in [1.807, 2.05) is 40.7 Å². The van der Waals surface area contributed by atoms with Crippen LogP contribution < -0.4 is 0 Å². The first-order chi connectivity index (χ1) is 5.90. The number of carbonyl (C=O) groups is 1. The first-order valence-corrected chi connectivity index (χ1v) is 4.83. The summed E-state index contributed by atoms with van der Waals surface area (Å²) in [6.45, 7) is 9.61. The summed E-state index contributed by atoms with van der Waals surface area (Å²) >= 11 is 0. The van der Waals surface area contributed by atoms with E-state index in [4.69, 9.17) is 4.74 Å². The van der Waals surface area contributed by atoms with Gasteiger partial charge in [0.05, 0.1) is 0 Å². The molecule has 0 spiro atoms. The minimum atomic E-state index is -0.390. The van der Waals surface area contributed by atoms with Crippen molar-refractivity contribution >= 4 is 5.97 Å². The molecule has 0 unspecified atom stereocenters. The van der Waals surface area contributed by atoms with E-state index in [1.165, 1.54) is 0 Å². The predicted molar refractivity (Wildman–Crippen MR) is 54.5 cm³/mol. The molecule has 0 aromatic rings. The zero-order valence-corrected chi connectivity index (χ0v) is 9.31. The van der Waals surface area contributed by atoms with Gasteiger partial charge in [0, 0.05) is 5.57 Å². The summed E-state index contributed by atoms with van der Waals surface area (Å²) < 4.78 is 5.24. The highest BCUT2D eigenvalue weighted by Gasteiger charge is 2.18. The van der Waals surface area contributed by atoms with Crippen LogP contribution in [-0.2, 0) is 9.53 Å². The van der Waals surface area contributed by atoms with Crippen molar-refractivity contribution in [3.8, 4) is 0 Å². The molecule has 76 valence electrons. The lowest BCUT2D eigenvalue weighted by molar-refractivity contribution is -0.150. The Hall–Kier alpha value is -0.790. The molecule has 0 radical (unpaired) electrons. The molecule has 0 saturated carbocycles. The second-order valence-corrected chi connectivity index (χ2v) is 3.99. The van der Waals surface area contributed by atoms with Crippen LogP contribution in [0, 0.1) is 0 Å². The van der Waals surface area contributed by atoms with Gasteiger partial charge in [0.2, 0.25) is 0 Å². The van der Waals surface area contributed by atoms with Gasteiger partial charge in [-0.05, 0) is 33.6 Å². The molecule has 0 atom stereocenters. The van der Waals surface area contributed by atoms with Gasteiger partial charge >= 0.3 is 5.97 Å². The van der Waals surface area contributed by atoms with Crippen LogP contribution in [-0.4, -0.2) is 11.6 Å². The van der Waals surface area contributed by atoms with E-state index in [9.17, 15) is 4.79 Å². The molecule has 0 aliphatic rings. The molecular weight excluding hydrogens is 164 g/mol. The maximum absolute atomic E-state index is 11.5. The number of carbonyl (C=O) groups excluding carboxylic acids is 1. The Morgan fingerprint density at radius 3 is 2.15 bits per heavy atom. The molecule has 13 heavy (non-hydrogen) atoms. The van der Waals surface area contributed by atoms with E-state index >= 15 is 0 Å². The van der Waals surface area contributed by atoms with Gasteiger partial charge in [-0.15, -0.1) is 0 Å². The molecular formula is C11H20O2. The fraction of sp³-hybridized carbons (Fsp3) is 0.727. The lowest BCUT2D eigenvalue weighted by atomic mass is 10.1. The monoisotopic (exact) mass is 184 g/mol. The van der Waals surface area contributed by atoms with Crippen molar-refractivity contribution in [1.29, 1.82) is 0 Å². The second-order valence-electron chi connectivity index (χ2n) is 3.99. The molecule has 0 aliphatic carbocycles. The number of esters is 1. The molecule has 0 bridgehead atoms. The van der Waals surface area contributed by atoms with Gasteiger partial charge in [0.15, 0.2) is 0 Å². The average Bonchev–Trinajstić information content (AvgIpc) is 1.96. The molecule has 0 saturated heterocycles. The summed E-state index contributed by atoms with van der Waals surface area (Å²) in [7, 11) is 0. The number of ether oxygens (including phenoxy) is 1. The molecule has 2 heteroatoms. The highest BCUT2D eigenvalue weighted by molar-refractivity contribution is 5.88. The molecule has 0 rings (SSSR count). The van der Waals surface area contributed by atoms with Crippen molar-refractivity contribution in [2.24, 2.45) is 0 Å². The zero-order valence-electron chi connectivity index (χ0n) is 9.31. The van der Waals surface area contributed by atoms with Crippen LogP contribution in [0.25, 0.3) is 0 Å². The van der Waals surface area contributed by atoms with Crippen molar-refractivity contribution in [3.05, 3.63) is 11.6 Å². The standard InChI is InChI=1S/C11H20O2/c1-6-8-9(7-2)10(12)13-11(3,4)5/h8H,6-7H2,1-5H3. The van der Waals surface area contributed by atoms with Crippen molar-refractivity contribution in [3.63, 3.8) is 0 Å². The maximum Gasteiger partial charge on any atom is 0.334 e. The minimum absolute atomic E-state index is 0.183. The summed E-state index contributed by atoms with van der Waals surface area (Å²) in [4.78, 5) is 11.5. The summed E-state index contributed by atoms with van der Waals surface area (Å²) in [5.41, 5.74) is 0.386. The normalized spacial score (nSPS) is 12.8. The first kappa shape index (κ1) is 12.2. The van der Waals surface area contributed by atoms with Crippen LogP contribution >= 0.6 is 0 Å². The molecule has 0 aliphatic heterocycles. The van der Waals surface area contributed by atoms with Gasteiger partial charge < -0.3 is 4.74 Å². The van der Waals surface area contributed by atoms with E-state index in [-0.39, 0.29) is 11.6 Å². The SMILES string of the molecule is CCC=C(CC)C(=O)OC(C)(C)C. The molecule has 0 amide bonds. The Morgan fingerprint density at radius 2 is 1.85 bits per heavy atom. The van der Waals surface area contributed by atoms with E-state index in [0.717, 1.165) is 18.4 Å². The Morgan fingerprint density at radius 1 is 1.31 bits per heavy atom. The fourth-order valence-corrected chi connectivity index (χ4v) is 0.962. The molecule has 2 nitrogen and oxygen atoms in total. The fourth-order valence-electron chi connectivity index (χ4n) is 0.962. The Bertz CT molecular complexity index is 197. The predicted octanol–water partition coefficient (Wildman–Crippen LogP) is 3.07. The maximum atomic E-state index is 11.5. The van der Waals surface area contributed by atoms with Crippen LogP contribution in [0.2, 0.25) is 0 Å². The molecule has 0 aromatic heterocycles. The van der Waals surface area contributed by atoms with Gasteiger partial charge in [-0.2, -0.15) is 0 Å². The lowest BCUT2D eigenvalue weighted by Gasteiger charge is -2.20. The summed E-state index contributed by atoms with van der Waals surface area (Å²) in [6, 6.07) is 0. The average molecular weight is 184 g/mol. The van der Waals surface area contributed by atoms with E-state index in [1.54, 1.807) is 0 Å². The third-order valence-corrected chi connectivity index (χ3v) is 1.49. The third-order valence-electron chi connectivity index (χ3n) is 1.49. The Labute approximate surface area is 81.0 Å². The Kier molecular flexibility index (Phi) is 4.74. The van der Waals surface area contributed by atoms with Crippen LogP contribution in [0.1, 0.15) is 47.5 Å². The smallest absolute Gasteiger partial charge is 0.334 e. The van der Waals surface area contributed by atoms with Crippen molar-refractivity contribution < 1.29 is 9.53 Å². The summed E-state index contributed by atoms with van der Waals surface area (Å²) in [5.74, 6) is -0.183. The minimum Gasteiger partial charge on any atom is -0.457 e. The number of rotatable bonds is 3. The van der Waals surface area contributed by atoms with Crippen molar-refractivity contribution in [1.82, 2.24) is 0 Å². The van der Waals surface area contributed by atoms with E-state index in [0.29, 0.717) is 0 Å². The van der Waals surface area contributed by atoms with Crippen molar-refractivity contribution in [2.75, 3.05) is 0 Å². The van der Waals surface area contributed by atoms with E-state index < -0.39 is 0 Å². The van der Waals surface area contributed by atoms with Crippen LogP contribution in [0.3, 0.4) is 0 Å². The van der Waals surface area contributed by atoms with Gasteiger partial charge in [-0.1, -0.05) is 19.9 Å². The van der Waals surface area contributed by atoms with Crippen molar-refractivity contribution in [2.45, 2.75) is 53.1 Å². The molecule has 0 fully saturated rings. The molecule has 0 aromatic carbocycles. The number of allylic oxidation sites excluding steroid dienone is 1. The van der Waals surface area contributed by atoms with Crippen LogP contribution in [0.15, 0.2) is 11.6 Å². The highest BCUT2D eigenvalue weighted by Crippen LogP contribution is 2.13. The number of hydrogen-bond donors (Lipinski definition) is 0. The van der Waals surface area contributed by atoms with Gasteiger partial charge in [-0.25, -0.2) is 4.79 Å². The zero-order chi connectivity index (χ0) is 10.5. The van der Waals surface area contributed by atoms with Gasteiger partial charge in [0.1, 0.15) is 5.60 Å². The second kappa shape index (κ2) is 5.05. The largest absolute Gasteiger partial charge is 0.457 e. The highest BCUT2D eigenvalue weighted by atomic mass is 16.6. The Balaban J connectivity index is 4.32. The van der Waals surface area contributed by atoms with E-state index in [2.05, 4.69) is 0 Å². The lowest BCUT2D eigenvalue weighted by Crippen LogP contribution is -2.24. The summed E-state index contributed by atoms with van der Waals surface area (Å²) in [5, 5.41) is 0. The third kappa shape index (κ3) is 5.45. The van der Waals surface area contributed by atoms with Crippen LogP contribution in [0.4, 0.5) is 0 Å². The summed E-state index contributed by atoms with van der Waals surface area (Å²) in [6.07, 6.45) is 3.54. The first-order valence-electron chi connectivity index (χ1n) is 4.83. The number of hydrogen-bond acceptors (Lipinski definition) is 2. The van der Waals surface area contributed by atoms with Crippen LogP contribution in [0.5, 0.6) is 0 Å². The van der Waals surface area contributed by atoms with Gasteiger partial charge in [0.25, 0.3) is 0 Å². The quantitative estimate of drug-likeness (QED) is 0.497.